The van der Waals surface area contributed by atoms with E-state index in [0.29, 0.717) is 0 Å². The summed E-state index contributed by atoms with van der Waals surface area (Å²) < 4.78 is 0. The molecule has 1 aromatic rings. The Bertz CT molecular complexity index is 221. The molecule has 0 saturated heterocycles. The number of aryl methyl sites for hydroxylation is 1. The zero-order chi connectivity index (χ0) is 8.85. The van der Waals surface area contributed by atoms with Crippen LogP contribution in [0.2, 0.25) is 0 Å². The number of anilines is 1. The fraction of sp³-hybridized carbons (Fsp3) is 0.333. The molecule has 2 heteroatoms. The first kappa shape index (κ1) is 10.4. The first-order valence-corrected chi connectivity index (χ1v) is 4.39. The van der Waals surface area contributed by atoms with E-state index in [9.17, 15) is 0 Å². The Kier molecular flexibility index (Phi) is 4.89. The van der Waals surface area contributed by atoms with Crippen LogP contribution in [0.5, 0.6) is 0 Å². The lowest BCUT2D eigenvalue weighted by molar-refractivity contribution is 1.50. The van der Waals surface area contributed by atoms with Gasteiger partial charge in [-0.3, -0.25) is 0 Å². The van der Waals surface area contributed by atoms with Gasteiger partial charge in [0.05, 0.1) is 0 Å². The van der Waals surface area contributed by atoms with Gasteiger partial charge in [0, 0.05) is 5.69 Å². The second-order valence-corrected chi connectivity index (χ2v) is 2.75. The topological polar surface area (TPSA) is 26.0 Å². The molecule has 0 spiro atoms. The quantitative estimate of drug-likeness (QED) is 0.467. The highest BCUT2D eigenvalue weighted by atomic mass is 31.0. The van der Waals surface area contributed by atoms with E-state index in [1.165, 1.54) is 5.56 Å². The van der Waals surface area contributed by atoms with Crippen molar-refractivity contribution in [1.82, 2.24) is 0 Å². The average molecular weight is 169 g/mol. The summed E-state index contributed by atoms with van der Waals surface area (Å²) >= 11 is 0. The van der Waals surface area contributed by atoms with Crippen LogP contribution in [0, 0.1) is 6.92 Å². The van der Waals surface area contributed by atoms with E-state index in [1.807, 2.05) is 39.0 Å². The number of nitrogen functional groups attached to an aromatic ring is 1. The minimum absolute atomic E-state index is 0.839. The molecule has 0 saturated carbocycles. The monoisotopic (exact) mass is 169 g/mol. The van der Waals surface area contributed by atoms with Gasteiger partial charge in [0.25, 0.3) is 0 Å². The molecule has 1 aromatic carbocycles. The van der Waals surface area contributed by atoms with Crippen molar-refractivity contribution in [2.45, 2.75) is 20.8 Å². The van der Waals surface area contributed by atoms with Crippen molar-refractivity contribution in [2.75, 3.05) is 5.73 Å². The smallest absolute Gasteiger partial charge is 0.0386 e. The number of benzene rings is 1. The highest BCUT2D eigenvalue weighted by molar-refractivity contribution is 7.28. The summed E-state index contributed by atoms with van der Waals surface area (Å²) in [5.41, 5.74) is 7.65. The van der Waals surface area contributed by atoms with Gasteiger partial charge < -0.3 is 5.73 Å². The van der Waals surface area contributed by atoms with Crippen LogP contribution < -0.4 is 11.0 Å². The van der Waals surface area contributed by atoms with Crippen LogP contribution in [0.15, 0.2) is 18.2 Å². The standard InChI is InChI=1S/C7H10NP.C2H6/c1-5-2-3-6(8)7(9)4-5;1-2/h2-4H,8-9H2,1H3;1-2H3. The summed E-state index contributed by atoms with van der Waals surface area (Å²) in [5.74, 6) is 0. The summed E-state index contributed by atoms with van der Waals surface area (Å²) in [6, 6.07) is 5.96. The van der Waals surface area contributed by atoms with Crippen molar-refractivity contribution in [2.24, 2.45) is 0 Å². The predicted octanol–water partition coefficient (Wildman–Crippen LogP) is 2.10. The minimum atomic E-state index is 0.839. The molecule has 62 valence electrons. The Morgan fingerprint density at radius 3 is 2.18 bits per heavy atom. The molecule has 0 heterocycles. The highest BCUT2D eigenvalue weighted by Crippen LogP contribution is 2.04. The van der Waals surface area contributed by atoms with Gasteiger partial charge >= 0.3 is 0 Å². The molecule has 0 aliphatic heterocycles. The maximum Gasteiger partial charge on any atom is 0.0386 e. The van der Waals surface area contributed by atoms with Crippen molar-refractivity contribution in [3.63, 3.8) is 0 Å². The molecule has 1 rings (SSSR count). The van der Waals surface area contributed by atoms with Gasteiger partial charge in [-0.15, -0.1) is 9.24 Å². The molecule has 1 unspecified atom stereocenters. The molecule has 0 amide bonds. The third kappa shape index (κ3) is 3.38. The second-order valence-electron chi connectivity index (χ2n) is 2.13. The van der Waals surface area contributed by atoms with Gasteiger partial charge in [-0.2, -0.15) is 0 Å². The summed E-state index contributed by atoms with van der Waals surface area (Å²) in [7, 11) is 2.60. The Labute approximate surface area is 71.2 Å². The normalized spacial score (nSPS) is 8.36. The Hall–Kier alpha value is -0.550. The molecule has 0 bridgehead atoms. The molecule has 0 aromatic heterocycles. The summed E-state index contributed by atoms with van der Waals surface area (Å²) in [6.07, 6.45) is 0. The number of hydrogen-bond donors (Lipinski definition) is 1. The SMILES string of the molecule is CC.Cc1ccc(N)c(P)c1. The molecule has 2 N–H and O–H groups in total. The van der Waals surface area contributed by atoms with E-state index >= 15 is 0 Å². The first-order chi connectivity index (χ1) is 5.20. The van der Waals surface area contributed by atoms with Crippen molar-refractivity contribution >= 4 is 20.2 Å². The van der Waals surface area contributed by atoms with E-state index in [0.717, 1.165) is 11.0 Å². The molecule has 0 aliphatic carbocycles. The van der Waals surface area contributed by atoms with Crippen LogP contribution in [0.3, 0.4) is 0 Å². The largest absolute Gasteiger partial charge is 0.398 e. The summed E-state index contributed by atoms with van der Waals surface area (Å²) in [6.45, 7) is 6.05. The van der Waals surface area contributed by atoms with E-state index in [4.69, 9.17) is 5.73 Å². The lowest BCUT2D eigenvalue weighted by atomic mass is 10.2. The van der Waals surface area contributed by atoms with Crippen molar-refractivity contribution < 1.29 is 0 Å². The van der Waals surface area contributed by atoms with E-state index in [2.05, 4.69) is 9.24 Å². The Balaban J connectivity index is 0.000000461. The maximum absolute atomic E-state index is 5.57. The fourth-order valence-electron chi connectivity index (χ4n) is 0.694. The average Bonchev–Trinajstić information content (AvgIpc) is 2.02. The molecule has 11 heavy (non-hydrogen) atoms. The third-order valence-electron chi connectivity index (χ3n) is 1.24. The van der Waals surface area contributed by atoms with Crippen molar-refractivity contribution in [3.8, 4) is 0 Å². The van der Waals surface area contributed by atoms with Crippen LogP contribution in [0.25, 0.3) is 0 Å². The second kappa shape index (κ2) is 5.15. The first-order valence-electron chi connectivity index (χ1n) is 3.82. The fourth-order valence-corrected chi connectivity index (χ4v) is 1.05. The Morgan fingerprint density at radius 1 is 1.27 bits per heavy atom. The minimum Gasteiger partial charge on any atom is -0.398 e. The van der Waals surface area contributed by atoms with E-state index in [1.54, 1.807) is 0 Å². The van der Waals surface area contributed by atoms with Crippen LogP contribution in [-0.2, 0) is 0 Å². The summed E-state index contributed by atoms with van der Waals surface area (Å²) in [4.78, 5) is 0. The third-order valence-corrected chi connectivity index (χ3v) is 1.74. The lowest BCUT2D eigenvalue weighted by Crippen LogP contribution is -2.00. The summed E-state index contributed by atoms with van der Waals surface area (Å²) in [5, 5.41) is 1.08. The van der Waals surface area contributed by atoms with E-state index in [-0.39, 0.29) is 0 Å². The van der Waals surface area contributed by atoms with Gasteiger partial charge in [0.1, 0.15) is 0 Å². The van der Waals surface area contributed by atoms with Crippen LogP contribution >= 0.6 is 9.24 Å². The van der Waals surface area contributed by atoms with Crippen LogP contribution in [0.1, 0.15) is 19.4 Å². The maximum atomic E-state index is 5.57. The zero-order valence-electron chi connectivity index (χ0n) is 7.39. The number of hydrogen-bond acceptors (Lipinski definition) is 1. The van der Waals surface area contributed by atoms with Gasteiger partial charge in [0.15, 0.2) is 0 Å². The van der Waals surface area contributed by atoms with Gasteiger partial charge in [-0.25, -0.2) is 0 Å². The number of rotatable bonds is 0. The highest BCUT2D eigenvalue weighted by Gasteiger charge is 1.89. The van der Waals surface area contributed by atoms with Crippen LogP contribution in [-0.4, -0.2) is 0 Å². The van der Waals surface area contributed by atoms with Gasteiger partial charge in [-0.1, -0.05) is 31.5 Å². The molecule has 0 radical (unpaired) electrons. The molecular formula is C9H16NP. The molecule has 0 fully saturated rings. The molecule has 1 nitrogen and oxygen atoms in total. The van der Waals surface area contributed by atoms with Crippen LogP contribution in [0.4, 0.5) is 5.69 Å². The van der Waals surface area contributed by atoms with Gasteiger partial charge in [-0.05, 0) is 18.3 Å². The molecule has 1 atom stereocenters. The number of nitrogens with two attached hydrogens (primary N) is 1. The van der Waals surface area contributed by atoms with Gasteiger partial charge in [0.2, 0.25) is 0 Å². The van der Waals surface area contributed by atoms with Crippen molar-refractivity contribution in [1.29, 1.82) is 0 Å². The Morgan fingerprint density at radius 2 is 1.82 bits per heavy atom. The van der Waals surface area contributed by atoms with E-state index < -0.39 is 0 Å². The molecular weight excluding hydrogens is 153 g/mol. The molecule has 0 aliphatic rings. The lowest BCUT2D eigenvalue weighted by Gasteiger charge is -1.98. The zero-order valence-corrected chi connectivity index (χ0v) is 8.54. The predicted molar refractivity (Wildman–Crippen MR) is 56.3 cm³/mol. The van der Waals surface area contributed by atoms with Crippen molar-refractivity contribution in [3.05, 3.63) is 23.8 Å².